The number of phosphoric acid groups is 1. The normalized spacial score (nSPS) is 7.18. The number of methoxy groups -OCH3 is 3. The number of hydrogen-bond donors (Lipinski definition) is 3. The topological polar surface area (TPSA) is 105 Å². The van der Waals surface area contributed by atoms with E-state index < -0.39 is 7.82 Å². The Balaban J connectivity index is -0.0000000667. The zero-order chi connectivity index (χ0) is 14.7. The molecule has 0 unspecified atom stereocenters. The molecule has 0 aliphatic heterocycles. The highest BCUT2D eigenvalue weighted by molar-refractivity contribution is 7.45. The molecule has 0 aromatic carbocycles. The van der Waals surface area contributed by atoms with Crippen LogP contribution in [0.1, 0.15) is 0 Å². The molecule has 3 N–H and O–H groups in total. The van der Waals surface area contributed by atoms with Crippen molar-refractivity contribution in [3.8, 4) is 0 Å². The minimum atomic E-state index is -4.64. The molecule has 17 heavy (non-hydrogen) atoms. The van der Waals surface area contributed by atoms with Gasteiger partial charge < -0.3 is 28.9 Å². The second-order valence-electron chi connectivity index (χ2n) is 1.72. The zero-order valence-electron chi connectivity index (χ0n) is 10.3. The molecular formula is C9H21O7P. The van der Waals surface area contributed by atoms with Crippen molar-refractivity contribution >= 4 is 7.82 Å². The first kappa shape index (κ1) is 24.8. The van der Waals surface area contributed by atoms with Gasteiger partial charge in [-0.2, -0.15) is 0 Å². The summed E-state index contributed by atoms with van der Waals surface area (Å²) in [5.74, 6) is 0. The molecule has 0 aliphatic rings. The van der Waals surface area contributed by atoms with Crippen LogP contribution >= 0.6 is 7.82 Å². The highest BCUT2D eigenvalue weighted by Gasteiger charge is 2.00. The van der Waals surface area contributed by atoms with E-state index in [4.69, 9.17) is 19.2 Å². The lowest BCUT2D eigenvalue weighted by Gasteiger charge is -1.82. The first-order chi connectivity index (χ1) is 7.74. The first-order valence-electron chi connectivity index (χ1n) is 3.94. The van der Waals surface area contributed by atoms with Crippen molar-refractivity contribution < 1.29 is 33.5 Å². The summed E-state index contributed by atoms with van der Waals surface area (Å²) in [5, 5.41) is 0. The Kier molecular flexibility index (Phi) is 35.2. The highest BCUT2D eigenvalue weighted by atomic mass is 31.2. The monoisotopic (exact) mass is 272 g/mol. The Labute approximate surface area is 102 Å². The van der Waals surface area contributed by atoms with Crippen LogP contribution in [0, 0.1) is 0 Å². The van der Waals surface area contributed by atoms with E-state index in [1.165, 1.54) is 18.8 Å². The molecule has 0 amide bonds. The van der Waals surface area contributed by atoms with Crippen molar-refractivity contribution in [1.29, 1.82) is 0 Å². The van der Waals surface area contributed by atoms with Gasteiger partial charge in [0.1, 0.15) is 0 Å². The van der Waals surface area contributed by atoms with E-state index in [2.05, 4.69) is 33.9 Å². The lowest BCUT2D eigenvalue weighted by molar-refractivity contribution is 0.275. The molecule has 0 fully saturated rings. The summed E-state index contributed by atoms with van der Waals surface area (Å²) >= 11 is 0. The van der Waals surface area contributed by atoms with E-state index in [9.17, 15) is 0 Å². The van der Waals surface area contributed by atoms with E-state index in [1.807, 2.05) is 0 Å². The van der Waals surface area contributed by atoms with Gasteiger partial charge in [0.2, 0.25) is 0 Å². The van der Waals surface area contributed by atoms with Gasteiger partial charge in [-0.05, 0) is 0 Å². The quantitative estimate of drug-likeness (QED) is 0.526. The Bertz CT molecular complexity index is 172. The Morgan fingerprint density at radius 1 is 0.824 bits per heavy atom. The summed E-state index contributed by atoms with van der Waals surface area (Å²) < 4.78 is 21.8. The van der Waals surface area contributed by atoms with Crippen LogP contribution in [-0.4, -0.2) is 36.0 Å². The molecule has 7 nitrogen and oxygen atoms in total. The summed E-state index contributed by atoms with van der Waals surface area (Å²) in [4.78, 5) is 21.6. The van der Waals surface area contributed by atoms with E-state index in [0.717, 1.165) is 0 Å². The number of hydrogen-bond acceptors (Lipinski definition) is 4. The van der Waals surface area contributed by atoms with Gasteiger partial charge in [0, 0.05) is 0 Å². The Morgan fingerprint density at radius 3 is 0.882 bits per heavy atom. The smallest absolute Gasteiger partial charge is 0.466 e. The standard InChI is InChI=1S/3C3H6O.H3O4P/c3*1-3-4-2;1-5(2,3)4/h3*3H,1H2,2H3;(H3,1,2,3,4). The second kappa shape index (κ2) is 24.1. The molecule has 0 aliphatic carbocycles. The summed E-state index contributed by atoms with van der Waals surface area (Å²) in [7, 11) is 0.0486. The first-order valence-corrected chi connectivity index (χ1v) is 5.50. The maximum atomic E-state index is 8.88. The van der Waals surface area contributed by atoms with Gasteiger partial charge in [-0.1, -0.05) is 19.7 Å². The van der Waals surface area contributed by atoms with Gasteiger partial charge in [-0.15, -0.1) is 0 Å². The van der Waals surface area contributed by atoms with E-state index in [0.29, 0.717) is 0 Å². The van der Waals surface area contributed by atoms with Crippen molar-refractivity contribution in [3.05, 3.63) is 38.5 Å². The number of ether oxygens (including phenoxy) is 3. The molecule has 0 saturated carbocycles. The molecule has 0 heterocycles. The van der Waals surface area contributed by atoms with E-state index in [1.54, 1.807) is 21.3 Å². The third-order valence-electron chi connectivity index (χ3n) is 0.500. The SMILES string of the molecule is C=COC.C=COC.C=COC.O=P(O)(O)O. The van der Waals surface area contributed by atoms with Crippen LogP contribution in [0.4, 0.5) is 0 Å². The van der Waals surface area contributed by atoms with Crippen molar-refractivity contribution in [3.63, 3.8) is 0 Å². The van der Waals surface area contributed by atoms with Crippen molar-refractivity contribution in [1.82, 2.24) is 0 Å². The predicted molar refractivity (Wildman–Crippen MR) is 65.9 cm³/mol. The van der Waals surface area contributed by atoms with Crippen molar-refractivity contribution in [2.45, 2.75) is 0 Å². The van der Waals surface area contributed by atoms with Crippen LogP contribution in [0.5, 0.6) is 0 Å². The van der Waals surface area contributed by atoms with Crippen LogP contribution in [0.15, 0.2) is 38.5 Å². The largest absolute Gasteiger partial charge is 0.505 e. The van der Waals surface area contributed by atoms with E-state index >= 15 is 0 Å². The second-order valence-corrected chi connectivity index (χ2v) is 2.75. The van der Waals surface area contributed by atoms with Gasteiger partial charge in [-0.25, -0.2) is 4.57 Å². The molecule has 104 valence electrons. The fourth-order valence-electron chi connectivity index (χ4n) is 0. The van der Waals surface area contributed by atoms with Crippen LogP contribution in [0.3, 0.4) is 0 Å². The Hall–Kier alpha value is -1.27. The van der Waals surface area contributed by atoms with Crippen LogP contribution in [0.2, 0.25) is 0 Å². The minimum Gasteiger partial charge on any atom is -0.505 e. The van der Waals surface area contributed by atoms with Crippen LogP contribution in [-0.2, 0) is 18.8 Å². The molecule has 0 radical (unpaired) electrons. The summed E-state index contributed by atoms with van der Waals surface area (Å²) in [6.07, 6.45) is 4.12. The van der Waals surface area contributed by atoms with Gasteiger partial charge in [0.25, 0.3) is 0 Å². The molecule has 0 saturated heterocycles. The third-order valence-corrected chi connectivity index (χ3v) is 0.500. The average Bonchev–Trinajstić information content (AvgIpc) is 2.27. The maximum absolute atomic E-state index is 8.88. The fourth-order valence-corrected chi connectivity index (χ4v) is 0. The number of rotatable bonds is 3. The maximum Gasteiger partial charge on any atom is 0.466 e. The third kappa shape index (κ3) is 798. The van der Waals surface area contributed by atoms with Crippen molar-refractivity contribution in [2.75, 3.05) is 21.3 Å². The highest BCUT2D eigenvalue weighted by Crippen LogP contribution is 2.25. The van der Waals surface area contributed by atoms with Gasteiger partial charge >= 0.3 is 7.82 Å². The van der Waals surface area contributed by atoms with Gasteiger partial charge in [0.05, 0.1) is 40.1 Å². The average molecular weight is 272 g/mol. The Morgan fingerprint density at radius 2 is 0.882 bits per heavy atom. The van der Waals surface area contributed by atoms with Crippen molar-refractivity contribution in [2.24, 2.45) is 0 Å². The molecule has 0 rings (SSSR count). The fraction of sp³-hybridized carbons (Fsp3) is 0.333. The van der Waals surface area contributed by atoms with Crippen LogP contribution in [0.25, 0.3) is 0 Å². The summed E-state index contributed by atoms with van der Waals surface area (Å²) in [6.45, 7) is 9.77. The molecule has 0 atom stereocenters. The molecule has 0 aromatic rings. The molecule has 0 aromatic heterocycles. The lowest BCUT2D eigenvalue weighted by Crippen LogP contribution is -1.66. The van der Waals surface area contributed by atoms with Crippen LogP contribution < -0.4 is 0 Å². The van der Waals surface area contributed by atoms with Gasteiger partial charge in [0.15, 0.2) is 0 Å². The summed E-state index contributed by atoms with van der Waals surface area (Å²) in [5.41, 5.74) is 0. The molecule has 0 spiro atoms. The molecule has 8 heteroatoms. The summed E-state index contributed by atoms with van der Waals surface area (Å²) in [6, 6.07) is 0. The zero-order valence-corrected chi connectivity index (χ0v) is 11.2. The minimum absolute atomic E-state index is 1.38. The molecule has 0 bridgehead atoms. The van der Waals surface area contributed by atoms with Gasteiger partial charge in [-0.3, -0.25) is 0 Å². The lowest BCUT2D eigenvalue weighted by atomic mass is 11.2. The molecular weight excluding hydrogens is 251 g/mol. The predicted octanol–water partition coefficient (Wildman–Crippen LogP) is 1.40. The van der Waals surface area contributed by atoms with E-state index in [-0.39, 0.29) is 0 Å².